The molecule has 5 nitrogen and oxygen atoms in total. The van der Waals surface area contributed by atoms with Gasteiger partial charge in [-0.05, 0) is 39.5 Å². The first kappa shape index (κ1) is 14.6. The van der Waals surface area contributed by atoms with Gasteiger partial charge in [-0.1, -0.05) is 0 Å². The second-order valence-corrected chi connectivity index (χ2v) is 6.68. The third-order valence-electron chi connectivity index (χ3n) is 3.69. The minimum Gasteiger partial charge on any atom is -0.304 e. The average molecular weight is 303 g/mol. The fourth-order valence-electron chi connectivity index (χ4n) is 2.80. The molecule has 1 aliphatic heterocycles. The van der Waals surface area contributed by atoms with Crippen molar-refractivity contribution in [1.29, 1.82) is 0 Å². The van der Waals surface area contributed by atoms with Crippen LogP contribution in [0.2, 0.25) is 0 Å². The molecule has 1 atom stereocenters. The molecule has 2 aromatic heterocycles. The van der Waals surface area contributed by atoms with Crippen molar-refractivity contribution < 1.29 is 0 Å². The van der Waals surface area contributed by atoms with Crippen LogP contribution in [0, 0.1) is 0 Å². The number of hydrogen-bond donors (Lipinski definition) is 0. The van der Waals surface area contributed by atoms with Gasteiger partial charge in [0.1, 0.15) is 10.8 Å². The zero-order chi connectivity index (χ0) is 14.7. The van der Waals surface area contributed by atoms with Gasteiger partial charge in [0.25, 0.3) is 0 Å². The summed E-state index contributed by atoms with van der Waals surface area (Å²) in [5.74, 6) is 0.961. The third kappa shape index (κ3) is 3.64. The highest BCUT2D eigenvalue weighted by Crippen LogP contribution is 2.31. The van der Waals surface area contributed by atoms with Crippen molar-refractivity contribution in [3.8, 4) is 0 Å². The number of aromatic nitrogens is 3. The predicted octanol–water partition coefficient (Wildman–Crippen LogP) is 2.33. The molecular weight excluding hydrogens is 282 g/mol. The maximum Gasteiger partial charge on any atom is 0.145 e. The summed E-state index contributed by atoms with van der Waals surface area (Å²) in [7, 11) is 4.12. The quantitative estimate of drug-likeness (QED) is 0.848. The smallest absolute Gasteiger partial charge is 0.145 e. The topological polar surface area (TPSA) is 45.2 Å². The first-order chi connectivity index (χ1) is 10.2. The molecule has 6 heteroatoms. The Morgan fingerprint density at radius 3 is 3.00 bits per heavy atom. The van der Waals surface area contributed by atoms with Crippen LogP contribution in [0.4, 0.5) is 0 Å². The maximum absolute atomic E-state index is 4.76. The molecule has 0 N–H and O–H groups in total. The van der Waals surface area contributed by atoms with Gasteiger partial charge in [-0.2, -0.15) is 0 Å². The molecular formula is C15H21N5S. The number of nitrogens with zero attached hydrogens (tertiary/aromatic N) is 5. The van der Waals surface area contributed by atoms with Crippen molar-refractivity contribution in [2.24, 2.45) is 0 Å². The Kier molecular flexibility index (Phi) is 4.57. The van der Waals surface area contributed by atoms with Gasteiger partial charge in [-0.15, -0.1) is 11.3 Å². The third-order valence-corrected chi connectivity index (χ3v) is 4.46. The van der Waals surface area contributed by atoms with Crippen molar-refractivity contribution >= 4 is 11.3 Å². The molecule has 2 aromatic rings. The molecule has 21 heavy (non-hydrogen) atoms. The summed E-state index contributed by atoms with van der Waals surface area (Å²) in [5.41, 5.74) is 1.09. The molecule has 1 fully saturated rings. The Bertz CT molecular complexity index is 569. The molecule has 1 unspecified atom stereocenters. The lowest BCUT2D eigenvalue weighted by Gasteiger charge is -2.22. The van der Waals surface area contributed by atoms with Crippen molar-refractivity contribution in [3.63, 3.8) is 0 Å². The highest BCUT2D eigenvalue weighted by Gasteiger charge is 2.28. The largest absolute Gasteiger partial charge is 0.304 e. The van der Waals surface area contributed by atoms with Crippen LogP contribution in [0.1, 0.15) is 35.4 Å². The number of thiazole rings is 1. The van der Waals surface area contributed by atoms with E-state index in [0.717, 1.165) is 37.6 Å². The lowest BCUT2D eigenvalue weighted by Crippen LogP contribution is -2.24. The fraction of sp³-hybridized carbons (Fsp3) is 0.533. The minimum atomic E-state index is 0.330. The lowest BCUT2D eigenvalue weighted by molar-refractivity contribution is 0.238. The molecule has 0 amide bonds. The molecule has 0 aliphatic carbocycles. The summed E-state index contributed by atoms with van der Waals surface area (Å²) in [6.07, 6.45) is 6.11. The van der Waals surface area contributed by atoms with Crippen LogP contribution >= 0.6 is 11.3 Å². The summed E-state index contributed by atoms with van der Waals surface area (Å²) >= 11 is 1.72. The average Bonchev–Trinajstić information content (AvgIpc) is 3.10. The Morgan fingerprint density at radius 2 is 2.24 bits per heavy atom. The lowest BCUT2D eigenvalue weighted by atomic mass is 10.2. The number of likely N-dealkylation sites (tertiary alicyclic amines) is 1. The van der Waals surface area contributed by atoms with Crippen LogP contribution in [0.15, 0.2) is 23.8 Å². The van der Waals surface area contributed by atoms with E-state index in [0.29, 0.717) is 6.04 Å². The van der Waals surface area contributed by atoms with E-state index in [1.165, 1.54) is 11.4 Å². The van der Waals surface area contributed by atoms with Gasteiger partial charge in [0.2, 0.25) is 0 Å². The van der Waals surface area contributed by atoms with Gasteiger partial charge < -0.3 is 4.90 Å². The zero-order valence-corrected chi connectivity index (χ0v) is 13.4. The molecule has 1 saturated heterocycles. The first-order valence-electron chi connectivity index (χ1n) is 7.31. The van der Waals surface area contributed by atoms with Gasteiger partial charge >= 0.3 is 0 Å². The van der Waals surface area contributed by atoms with E-state index in [1.54, 1.807) is 11.3 Å². The molecule has 112 valence electrons. The Morgan fingerprint density at radius 1 is 1.33 bits per heavy atom. The molecule has 0 bridgehead atoms. The monoisotopic (exact) mass is 303 g/mol. The number of rotatable bonds is 5. The first-order valence-corrected chi connectivity index (χ1v) is 8.19. The molecule has 1 aliphatic rings. The standard InChI is InChI=1S/C15H21N5S/c1-19(2)10-12-5-6-17-15(18-12)13-4-3-8-20(13)11-14-16-7-9-21-14/h5-7,9,13H,3-4,8,10-11H2,1-2H3. The molecule has 0 saturated carbocycles. The van der Waals surface area contributed by atoms with Crippen LogP contribution in [0.3, 0.4) is 0 Å². The maximum atomic E-state index is 4.76. The van der Waals surface area contributed by atoms with E-state index < -0.39 is 0 Å². The SMILES string of the molecule is CN(C)Cc1ccnc(C2CCCN2Cc2nccs2)n1. The summed E-state index contributed by atoms with van der Waals surface area (Å²) in [6.45, 7) is 2.86. The van der Waals surface area contributed by atoms with Crippen LogP contribution in [0.25, 0.3) is 0 Å². The van der Waals surface area contributed by atoms with E-state index in [2.05, 4.69) is 33.9 Å². The van der Waals surface area contributed by atoms with Crippen LogP contribution in [-0.2, 0) is 13.1 Å². The van der Waals surface area contributed by atoms with E-state index >= 15 is 0 Å². The summed E-state index contributed by atoms with van der Waals surface area (Å²) in [4.78, 5) is 18.3. The summed E-state index contributed by atoms with van der Waals surface area (Å²) < 4.78 is 0. The summed E-state index contributed by atoms with van der Waals surface area (Å²) in [6, 6.07) is 2.33. The van der Waals surface area contributed by atoms with E-state index in [-0.39, 0.29) is 0 Å². The van der Waals surface area contributed by atoms with E-state index in [4.69, 9.17) is 4.98 Å². The molecule has 3 rings (SSSR count). The molecule has 0 radical (unpaired) electrons. The van der Waals surface area contributed by atoms with Gasteiger partial charge in [0, 0.05) is 24.3 Å². The van der Waals surface area contributed by atoms with Crippen molar-refractivity contribution in [2.45, 2.75) is 32.0 Å². The van der Waals surface area contributed by atoms with Crippen LogP contribution < -0.4 is 0 Å². The van der Waals surface area contributed by atoms with Gasteiger partial charge in [0.15, 0.2) is 0 Å². The van der Waals surface area contributed by atoms with Crippen LogP contribution in [0.5, 0.6) is 0 Å². The Balaban J connectivity index is 1.75. The Labute approximate surface area is 129 Å². The van der Waals surface area contributed by atoms with E-state index in [1.807, 2.05) is 23.8 Å². The van der Waals surface area contributed by atoms with Crippen LogP contribution in [-0.4, -0.2) is 45.4 Å². The molecule has 0 spiro atoms. The van der Waals surface area contributed by atoms with Crippen molar-refractivity contribution in [1.82, 2.24) is 24.8 Å². The van der Waals surface area contributed by atoms with Gasteiger partial charge in [0.05, 0.1) is 18.3 Å². The second-order valence-electron chi connectivity index (χ2n) is 5.70. The minimum absolute atomic E-state index is 0.330. The highest BCUT2D eigenvalue weighted by atomic mass is 32.1. The Hall–Kier alpha value is -1.37. The summed E-state index contributed by atoms with van der Waals surface area (Å²) in [5, 5.41) is 3.21. The normalized spacial score (nSPS) is 19.5. The van der Waals surface area contributed by atoms with E-state index in [9.17, 15) is 0 Å². The molecule has 3 heterocycles. The molecule has 0 aromatic carbocycles. The highest BCUT2D eigenvalue weighted by molar-refractivity contribution is 7.09. The van der Waals surface area contributed by atoms with Gasteiger partial charge in [-0.25, -0.2) is 15.0 Å². The van der Waals surface area contributed by atoms with Crippen molar-refractivity contribution in [3.05, 3.63) is 40.4 Å². The fourth-order valence-corrected chi connectivity index (χ4v) is 3.44. The van der Waals surface area contributed by atoms with Gasteiger partial charge in [-0.3, -0.25) is 4.90 Å². The predicted molar refractivity (Wildman–Crippen MR) is 83.9 cm³/mol. The second kappa shape index (κ2) is 6.60. The number of hydrogen-bond acceptors (Lipinski definition) is 6. The zero-order valence-electron chi connectivity index (χ0n) is 12.6. The van der Waals surface area contributed by atoms with Crippen molar-refractivity contribution in [2.75, 3.05) is 20.6 Å².